The number of rotatable bonds is 6. The quantitative estimate of drug-likeness (QED) is 0.685. The molecule has 3 aromatic rings. The summed E-state index contributed by atoms with van der Waals surface area (Å²) in [5, 5.41) is 4.30. The molecule has 1 aliphatic rings. The van der Waals surface area contributed by atoms with Crippen molar-refractivity contribution in [2.45, 2.75) is 25.6 Å². The van der Waals surface area contributed by atoms with Gasteiger partial charge in [-0.15, -0.1) is 0 Å². The van der Waals surface area contributed by atoms with Crippen LogP contribution in [0.5, 0.6) is 0 Å². The molecular weight excluding hydrogens is 322 g/mol. The molecule has 26 heavy (non-hydrogen) atoms. The van der Waals surface area contributed by atoms with Crippen molar-refractivity contribution in [3.05, 3.63) is 89.7 Å². The number of hydrogen-bond acceptors (Lipinski definition) is 3. The minimum atomic E-state index is 0.276. The molecule has 0 N–H and O–H groups in total. The maximum Gasteiger partial charge on any atom is 0.0743 e. The molecule has 4 heteroatoms. The summed E-state index contributed by atoms with van der Waals surface area (Å²) >= 11 is 0. The average Bonchev–Trinajstić information content (AvgIpc) is 3.16. The SMILES string of the molecule is c1ccc(C[C@@H]2CN(Cc3cccc(Cn4cccn4)c3)CCO2)cc1. The van der Waals surface area contributed by atoms with Gasteiger partial charge in [0, 0.05) is 32.0 Å². The summed E-state index contributed by atoms with van der Waals surface area (Å²) in [7, 11) is 0. The molecule has 1 saturated heterocycles. The van der Waals surface area contributed by atoms with Gasteiger partial charge in [0.25, 0.3) is 0 Å². The average molecular weight is 347 g/mol. The Bertz CT molecular complexity index is 801. The summed E-state index contributed by atoms with van der Waals surface area (Å²) in [6.07, 6.45) is 5.09. The Morgan fingerprint density at radius 2 is 1.73 bits per heavy atom. The van der Waals surface area contributed by atoms with Crippen LogP contribution in [-0.4, -0.2) is 40.5 Å². The second-order valence-corrected chi connectivity index (χ2v) is 6.94. The van der Waals surface area contributed by atoms with Crippen LogP contribution >= 0.6 is 0 Å². The van der Waals surface area contributed by atoms with Gasteiger partial charge in [0.05, 0.1) is 19.3 Å². The number of nitrogens with zero attached hydrogens (tertiary/aromatic N) is 3. The first-order valence-electron chi connectivity index (χ1n) is 9.28. The molecule has 2 heterocycles. The van der Waals surface area contributed by atoms with Crippen LogP contribution in [0, 0.1) is 0 Å². The second kappa shape index (κ2) is 8.30. The van der Waals surface area contributed by atoms with Gasteiger partial charge in [0.1, 0.15) is 0 Å². The maximum atomic E-state index is 5.99. The van der Waals surface area contributed by atoms with Crippen LogP contribution in [0.1, 0.15) is 16.7 Å². The Hall–Kier alpha value is -2.43. The zero-order valence-electron chi connectivity index (χ0n) is 15.0. The first-order valence-corrected chi connectivity index (χ1v) is 9.28. The fourth-order valence-electron chi connectivity index (χ4n) is 3.59. The predicted octanol–water partition coefficient (Wildman–Crippen LogP) is 3.37. The molecular formula is C22H25N3O. The molecule has 1 fully saturated rings. The molecule has 0 bridgehead atoms. The van der Waals surface area contributed by atoms with Crippen LogP contribution in [0.3, 0.4) is 0 Å². The molecule has 0 radical (unpaired) electrons. The Morgan fingerprint density at radius 1 is 0.923 bits per heavy atom. The van der Waals surface area contributed by atoms with Crippen molar-refractivity contribution < 1.29 is 4.74 Å². The fourth-order valence-corrected chi connectivity index (χ4v) is 3.59. The van der Waals surface area contributed by atoms with Crippen molar-refractivity contribution in [3.63, 3.8) is 0 Å². The highest BCUT2D eigenvalue weighted by Gasteiger charge is 2.20. The van der Waals surface area contributed by atoms with Crippen LogP contribution in [0.25, 0.3) is 0 Å². The Morgan fingerprint density at radius 3 is 2.54 bits per heavy atom. The van der Waals surface area contributed by atoms with Crippen molar-refractivity contribution in [3.8, 4) is 0 Å². The molecule has 134 valence electrons. The van der Waals surface area contributed by atoms with Gasteiger partial charge in [-0.1, -0.05) is 54.6 Å². The molecule has 0 saturated carbocycles. The standard InChI is InChI=1S/C22H25N3O/c1-2-6-19(7-3-1)15-22-18-24(12-13-26-22)16-20-8-4-9-21(14-20)17-25-11-5-10-23-25/h1-11,14,22H,12-13,15-18H2/t22-/m1/s1. The van der Waals surface area contributed by atoms with Gasteiger partial charge in [-0.05, 0) is 29.2 Å². The van der Waals surface area contributed by atoms with E-state index in [9.17, 15) is 0 Å². The minimum absolute atomic E-state index is 0.276. The summed E-state index contributed by atoms with van der Waals surface area (Å²) in [4.78, 5) is 2.50. The topological polar surface area (TPSA) is 30.3 Å². The largest absolute Gasteiger partial charge is 0.375 e. The van der Waals surface area contributed by atoms with Crippen LogP contribution in [-0.2, 0) is 24.2 Å². The van der Waals surface area contributed by atoms with E-state index in [0.717, 1.165) is 39.2 Å². The summed E-state index contributed by atoms with van der Waals surface area (Å²) in [5.74, 6) is 0. The van der Waals surface area contributed by atoms with Crippen molar-refractivity contribution in [2.24, 2.45) is 0 Å². The molecule has 0 aliphatic carbocycles. The van der Waals surface area contributed by atoms with Gasteiger partial charge < -0.3 is 4.74 Å². The highest BCUT2D eigenvalue weighted by atomic mass is 16.5. The van der Waals surface area contributed by atoms with E-state index < -0.39 is 0 Å². The highest BCUT2D eigenvalue weighted by molar-refractivity contribution is 5.24. The van der Waals surface area contributed by atoms with E-state index >= 15 is 0 Å². The van der Waals surface area contributed by atoms with Crippen LogP contribution in [0.15, 0.2) is 73.1 Å². The number of hydrogen-bond donors (Lipinski definition) is 0. The monoisotopic (exact) mass is 347 g/mol. The Kier molecular flexibility index (Phi) is 5.43. The van der Waals surface area contributed by atoms with E-state index in [4.69, 9.17) is 4.74 Å². The predicted molar refractivity (Wildman–Crippen MR) is 103 cm³/mol. The van der Waals surface area contributed by atoms with Gasteiger partial charge in [-0.2, -0.15) is 5.10 Å². The van der Waals surface area contributed by atoms with Crippen molar-refractivity contribution >= 4 is 0 Å². The zero-order chi connectivity index (χ0) is 17.6. The van der Waals surface area contributed by atoms with Gasteiger partial charge in [-0.25, -0.2) is 0 Å². The number of benzene rings is 2. The molecule has 4 nitrogen and oxygen atoms in total. The Balaban J connectivity index is 1.36. The van der Waals surface area contributed by atoms with E-state index in [2.05, 4.69) is 64.6 Å². The molecule has 2 aromatic carbocycles. The highest BCUT2D eigenvalue weighted by Crippen LogP contribution is 2.15. The smallest absolute Gasteiger partial charge is 0.0743 e. The van der Waals surface area contributed by atoms with E-state index in [1.165, 1.54) is 16.7 Å². The first kappa shape index (κ1) is 17.0. The second-order valence-electron chi connectivity index (χ2n) is 6.94. The van der Waals surface area contributed by atoms with Crippen LogP contribution in [0.4, 0.5) is 0 Å². The summed E-state index contributed by atoms with van der Waals surface area (Å²) < 4.78 is 7.95. The minimum Gasteiger partial charge on any atom is -0.375 e. The van der Waals surface area contributed by atoms with Crippen molar-refractivity contribution in [1.29, 1.82) is 0 Å². The van der Waals surface area contributed by atoms with E-state index in [-0.39, 0.29) is 6.10 Å². The normalized spacial score (nSPS) is 18.1. The lowest BCUT2D eigenvalue weighted by Crippen LogP contribution is -2.42. The molecule has 4 rings (SSSR count). The first-order chi connectivity index (χ1) is 12.8. The lowest BCUT2D eigenvalue weighted by molar-refractivity contribution is -0.0305. The molecule has 0 amide bonds. The van der Waals surface area contributed by atoms with E-state index in [1.807, 2.05) is 23.1 Å². The number of ether oxygens (including phenoxy) is 1. The van der Waals surface area contributed by atoms with Crippen LogP contribution < -0.4 is 0 Å². The van der Waals surface area contributed by atoms with Crippen molar-refractivity contribution in [1.82, 2.24) is 14.7 Å². The van der Waals surface area contributed by atoms with Gasteiger partial charge >= 0.3 is 0 Å². The van der Waals surface area contributed by atoms with E-state index in [0.29, 0.717) is 0 Å². The lowest BCUT2D eigenvalue weighted by Gasteiger charge is -2.33. The molecule has 1 aliphatic heterocycles. The summed E-state index contributed by atoms with van der Waals surface area (Å²) in [5.41, 5.74) is 4.00. The van der Waals surface area contributed by atoms with E-state index in [1.54, 1.807) is 0 Å². The summed E-state index contributed by atoms with van der Waals surface area (Å²) in [6.45, 7) is 4.58. The molecule has 1 aromatic heterocycles. The van der Waals surface area contributed by atoms with Gasteiger partial charge in [0.2, 0.25) is 0 Å². The third-order valence-electron chi connectivity index (χ3n) is 4.83. The van der Waals surface area contributed by atoms with Crippen LogP contribution in [0.2, 0.25) is 0 Å². The lowest BCUT2D eigenvalue weighted by atomic mass is 10.1. The molecule has 0 unspecified atom stereocenters. The Labute approximate surface area is 155 Å². The number of aromatic nitrogens is 2. The number of morpholine rings is 1. The van der Waals surface area contributed by atoms with Crippen molar-refractivity contribution in [2.75, 3.05) is 19.7 Å². The third kappa shape index (κ3) is 4.59. The zero-order valence-corrected chi connectivity index (χ0v) is 15.0. The fraction of sp³-hybridized carbons (Fsp3) is 0.318. The third-order valence-corrected chi connectivity index (χ3v) is 4.83. The van der Waals surface area contributed by atoms with Gasteiger partial charge in [0.15, 0.2) is 0 Å². The molecule has 0 spiro atoms. The maximum absolute atomic E-state index is 5.99. The molecule has 1 atom stereocenters. The van der Waals surface area contributed by atoms with Gasteiger partial charge in [-0.3, -0.25) is 9.58 Å². The summed E-state index contributed by atoms with van der Waals surface area (Å²) in [6, 6.07) is 21.4.